The van der Waals surface area contributed by atoms with Crippen LogP contribution in [-0.2, 0) is 0 Å². The minimum absolute atomic E-state index is 0.575. The molecule has 3 rings (SSSR count). The summed E-state index contributed by atoms with van der Waals surface area (Å²) in [5.74, 6) is 0.575. The lowest BCUT2D eigenvalue weighted by Gasteiger charge is -2.34. The van der Waals surface area contributed by atoms with Gasteiger partial charge >= 0.3 is 0 Å². The molecule has 24 heavy (non-hydrogen) atoms. The van der Waals surface area contributed by atoms with E-state index < -0.39 is 0 Å². The van der Waals surface area contributed by atoms with Crippen LogP contribution in [0.1, 0.15) is 36.5 Å². The van der Waals surface area contributed by atoms with E-state index in [0.29, 0.717) is 5.92 Å². The first-order valence-corrected chi connectivity index (χ1v) is 8.82. The Balaban J connectivity index is 1.54. The van der Waals surface area contributed by atoms with E-state index in [1.807, 2.05) is 6.21 Å². The van der Waals surface area contributed by atoms with Gasteiger partial charge in [0.05, 0.1) is 19.3 Å². The number of hydrogen-bond acceptors (Lipinski definition) is 3. The minimum Gasteiger partial charge on any atom is -0.368 e. The SMILES string of the molecule is Cc1ccc(N2CCN(/N=C\c3ccc(C(C)C)cc3)CC2)cc1. The Hall–Kier alpha value is -2.29. The summed E-state index contributed by atoms with van der Waals surface area (Å²) in [6.07, 6.45) is 1.98. The third-order valence-corrected chi connectivity index (χ3v) is 4.63. The van der Waals surface area contributed by atoms with Gasteiger partial charge in [-0.3, -0.25) is 5.01 Å². The van der Waals surface area contributed by atoms with Crippen molar-refractivity contribution < 1.29 is 0 Å². The monoisotopic (exact) mass is 321 g/mol. The average Bonchev–Trinajstić information content (AvgIpc) is 2.61. The van der Waals surface area contributed by atoms with Crippen molar-refractivity contribution in [2.24, 2.45) is 5.10 Å². The van der Waals surface area contributed by atoms with Crippen LogP contribution in [0, 0.1) is 6.92 Å². The van der Waals surface area contributed by atoms with Gasteiger partial charge in [-0.05, 0) is 36.1 Å². The normalized spacial score (nSPS) is 15.5. The lowest BCUT2D eigenvalue weighted by molar-refractivity contribution is 0.272. The highest BCUT2D eigenvalue weighted by Gasteiger charge is 2.15. The molecule has 0 N–H and O–H groups in total. The fourth-order valence-corrected chi connectivity index (χ4v) is 2.94. The molecule has 0 amide bonds. The summed E-state index contributed by atoms with van der Waals surface area (Å²) >= 11 is 0. The number of nitrogens with zero attached hydrogens (tertiary/aromatic N) is 3. The van der Waals surface area contributed by atoms with Gasteiger partial charge in [-0.25, -0.2) is 0 Å². The zero-order chi connectivity index (χ0) is 16.9. The molecule has 3 nitrogen and oxygen atoms in total. The Morgan fingerprint density at radius 2 is 1.50 bits per heavy atom. The third-order valence-electron chi connectivity index (χ3n) is 4.63. The first-order valence-electron chi connectivity index (χ1n) is 8.82. The summed E-state index contributed by atoms with van der Waals surface area (Å²) in [6.45, 7) is 10.5. The predicted molar refractivity (Wildman–Crippen MR) is 103 cm³/mol. The van der Waals surface area contributed by atoms with Crippen LogP contribution in [0.3, 0.4) is 0 Å². The molecule has 0 atom stereocenters. The number of piperazine rings is 1. The Morgan fingerprint density at radius 1 is 0.875 bits per heavy atom. The quantitative estimate of drug-likeness (QED) is 0.783. The summed E-state index contributed by atoms with van der Waals surface area (Å²) in [5, 5.41) is 6.82. The van der Waals surface area contributed by atoms with Gasteiger partial charge in [0.1, 0.15) is 0 Å². The van der Waals surface area contributed by atoms with Crippen molar-refractivity contribution in [3.63, 3.8) is 0 Å². The Labute approximate surface area is 145 Å². The third kappa shape index (κ3) is 4.16. The van der Waals surface area contributed by atoms with E-state index in [1.165, 1.54) is 22.4 Å². The average molecular weight is 321 g/mol. The molecule has 1 fully saturated rings. The zero-order valence-corrected chi connectivity index (χ0v) is 14.9. The molecule has 2 aromatic rings. The molecule has 0 unspecified atom stereocenters. The maximum absolute atomic E-state index is 4.65. The lowest BCUT2D eigenvalue weighted by atomic mass is 10.0. The number of benzene rings is 2. The highest BCUT2D eigenvalue weighted by molar-refractivity contribution is 5.79. The van der Waals surface area contributed by atoms with E-state index in [1.54, 1.807) is 0 Å². The van der Waals surface area contributed by atoms with Crippen molar-refractivity contribution in [1.82, 2.24) is 5.01 Å². The fourth-order valence-electron chi connectivity index (χ4n) is 2.94. The van der Waals surface area contributed by atoms with Gasteiger partial charge in [-0.15, -0.1) is 0 Å². The molecule has 0 radical (unpaired) electrons. The van der Waals surface area contributed by atoms with Gasteiger partial charge in [-0.1, -0.05) is 55.8 Å². The van der Waals surface area contributed by atoms with Gasteiger partial charge in [0.25, 0.3) is 0 Å². The largest absolute Gasteiger partial charge is 0.368 e. The molecule has 0 aliphatic carbocycles. The summed E-state index contributed by atoms with van der Waals surface area (Å²) < 4.78 is 0. The van der Waals surface area contributed by atoms with Crippen LogP contribution in [-0.4, -0.2) is 37.4 Å². The minimum atomic E-state index is 0.575. The lowest BCUT2D eigenvalue weighted by Crippen LogP contribution is -2.44. The van der Waals surface area contributed by atoms with E-state index in [-0.39, 0.29) is 0 Å². The fraction of sp³-hybridized carbons (Fsp3) is 0.381. The maximum atomic E-state index is 4.65. The molecule has 0 saturated carbocycles. The maximum Gasteiger partial charge on any atom is 0.0542 e. The van der Waals surface area contributed by atoms with Crippen molar-refractivity contribution in [1.29, 1.82) is 0 Å². The molecule has 1 aliphatic heterocycles. The van der Waals surface area contributed by atoms with Gasteiger partial charge in [0, 0.05) is 18.8 Å². The van der Waals surface area contributed by atoms with E-state index in [9.17, 15) is 0 Å². The molecule has 0 bridgehead atoms. The first kappa shape index (κ1) is 16.6. The Morgan fingerprint density at radius 3 is 2.08 bits per heavy atom. The van der Waals surface area contributed by atoms with Gasteiger partial charge in [0.15, 0.2) is 0 Å². The summed E-state index contributed by atoms with van der Waals surface area (Å²) in [4.78, 5) is 2.43. The van der Waals surface area contributed by atoms with Crippen molar-refractivity contribution >= 4 is 11.9 Å². The highest BCUT2D eigenvalue weighted by Crippen LogP contribution is 2.17. The smallest absolute Gasteiger partial charge is 0.0542 e. The molecule has 1 aliphatic rings. The first-order chi connectivity index (χ1) is 11.6. The zero-order valence-electron chi connectivity index (χ0n) is 14.9. The van der Waals surface area contributed by atoms with Crippen LogP contribution in [0.5, 0.6) is 0 Å². The van der Waals surface area contributed by atoms with Crippen molar-refractivity contribution in [2.75, 3.05) is 31.1 Å². The van der Waals surface area contributed by atoms with Crippen LogP contribution in [0.2, 0.25) is 0 Å². The van der Waals surface area contributed by atoms with E-state index in [0.717, 1.165) is 26.2 Å². The van der Waals surface area contributed by atoms with Crippen LogP contribution in [0.15, 0.2) is 53.6 Å². The van der Waals surface area contributed by atoms with Gasteiger partial charge < -0.3 is 4.90 Å². The van der Waals surface area contributed by atoms with Crippen LogP contribution in [0.25, 0.3) is 0 Å². The van der Waals surface area contributed by atoms with Crippen LogP contribution >= 0.6 is 0 Å². The Bertz CT molecular complexity index is 663. The molecule has 1 heterocycles. The second-order valence-electron chi connectivity index (χ2n) is 6.84. The summed E-state index contributed by atoms with van der Waals surface area (Å²) in [7, 11) is 0. The molecular formula is C21H27N3. The topological polar surface area (TPSA) is 18.8 Å². The van der Waals surface area contributed by atoms with Crippen LogP contribution < -0.4 is 4.90 Å². The van der Waals surface area contributed by atoms with Crippen molar-refractivity contribution in [3.8, 4) is 0 Å². The van der Waals surface area contributed by atoms with Crippen molar-refractivity contribution in [3.05, 3.63) is 65.2 Å². The van der Waals surface area contributed by atoms with Gasteiger partial charge in [0.2, 0.25) is 0 Å². The molecule has 0 spiro atoms. The number of rotatable bonds is 4. The summed E-state index contributed by atoms with van der Waals surface area (Å²) in [6, 6.07) is 17.5. The second-order valence-corrected chi connectivity index (χ2v) is 6.84. The second kappa shape index (κ2) is 7.52. The highest BCUT2D eigenvalue weighted by atomic mass is 15.5. The predicted octanol–water partition coefficient (Wildman–Crippen LogP) is 4.27. The molecule has 3 heteroatoms. The molecule has 2 aromatic carbocycles. The number of hydrogen-bond donors (Lipinski definition) is 0. The van der Waals surface area contributed by atoms with Crippen LogP contribution in [0.4, 0.5) is 5.69 Å². The van der Waals surface area contributed by atoms with Gasteiger partial charge in [-0.2, -0.15) is 5.10 Å². The van der Waals surface area contributed by atoms with E-state index in [4.69, 9.17) is 0 Å². The number of hydrazone groups is 1. The van der Waals surface area contributed by atoms with Crippen molar-refractivity contribution in [2.45, 2.75) is 26.7 Å². The van der Waals surface area contributed by atoms with E-state index in [2.05, 4.69) is 84.3 Å². The molecule has 126 valence electrons. The standard InChI is InChI=1S/C21H27N3/c1-17(2)20-8-6-19(7-9-20)16-22-24-14-12-23(13-15-24)21-10-4-18(3)5-11-21/h4-11,16-17H,12-15H2,1-3H3/b22-16-. The van der Waals surface area contributed by atoms with E-state index >= 15 is 0 Å². The summed E-state index contributed by atoms with van der Waals surface area (Å²) in [5.41, 5.74) is 5.17. The molecule has 0 aromatic heterocycles. The number of aryl methyl sites for hydroxylation is 1. The molecular weight excluding hydrogens is 294 g/mol. The Kier molecular flexibility index (Phi) is 5.19. The molecule has 1 saturated heterocycles. The number of anilines is 1.